The SMILES string of the molecule is C=CC1=C(/C(=C/Cl)NCN=CN=C2C=CC=C(OC3CCOCC3)C2)OCO1.CCN(CCO)CCNC. The predicted octanol–water partition coefficient (Wildman–Crippen LogP) is 3.04. The van der Waals surface area contributed by atoms with E-state index in [0.717, 1.165) is 63.7 Å². The highest BCUT2D eigenvalue weighted by atomic mass is 35.5. The number of halogens is 1. The van der Waals surface area contributed by atoms with E-state index < -0.39 is 0 Å². The molecule has 2 heterocycles. The van der Waals surface area contributed by atoms with Gasteiger partial charge >= 0.3 is 0 Å². The van der Waals surface area contributed by atoms with Crippen LogP contribution in [0, 0.1) is 0 Å². The number of likely N-dealkylation sites (N-methyl/N-ethyl adjacent to an activating group) is 2. The quantitative estimate of drug-likeness (QED) is 0.223. The predicted molar refractivity (Wildman–Crippen MR) is 152 cm³/mol. The molecule has 3 aliphatic rings. The minimum atomic E-state index is 0.141. The van der Waals surface area contributed by atoms with Gasteiger partial charge in [-0.05, 0) is 31.8 Å². The van der Waals surface area contributed by atoms with E-state index in [1.54, 1.807) is 6.08 Å². The van der Waals surface area contributed by atoms with Crippen molar-refractivity contribution in [1.29, 1.82) is 0 Å². The fourth-order valence-electron chi connectivity index (χ4n) is 3.69. The molecule has 3 rings (SSSR count). The molecule has 0 aromatic carbocycles. The second-order valence-corrected chi connectivity index (χ2v) is 8.66. The lowest BCUT2D eigenvalue weighted by molar-refractivity contribution is -0.00454. The monoisotopic (exact) mass is 551 g/mol. The summed E-state index contributed by atoms with van der Waals surface area (Å²) in [6.45, 7) is 11.8. The average molecular weight is 552 g/mol. The van der Waals surface area contributed by atoms with Crippen LogP contribution in [0.3, 0.4) is 0 Å². The first-order valence-corrected chi connectivity index (χ1v) is 13.4. The Labute approximate surface area is 231 Å². The number of allylic oxidation sites excluding steroid dienone is 5. The molecular formula is C27H42ClN5O5. The Morgan fingerprint density at radius 3 is 2.82 bits per heavy atom. The second-order valence-electron chi connectivity index (χ2n) is 8.44. The molecule has 1 aliphatic carbocycles. The van der Waals surface area contributed by atoms with Gasteiger partial charge in [0.15, 0.2) is 11.5 Å². The molecule has 3 N–H and O–H groups in total. The van der Waals surface area contributed by atoms with Gasteiger partial charge in [0.2, 0.25) is 6.79 Å². The zero-order valence-electron chi connectivity index (χ0n) is 22.5. The van der Waals surface area contributed by atoms with Gasteiger partial charge in [-0.3, -0.25) is 4.99 Å². The highest BCUT2D eigenvalue weighted by molar-refractivity contribution is 6.25. The molecule has 0 unspecified atom stereocenters. The van der Waals surface area contributed by atoms with Crippen molar-refractivity contribution in [3.05, 3.63) is 59.4 Å². The molecule has 2 aliphatic heterocycles. The van der Waals surface area contributed by atoms with Crippen LogP contribution in [-0.2, 0) is 18.9 Å². The molecule has 0 spiro atoms. The minimum Gasteiger partial charge on any atom is -0.494 e. The fourth-order valence-corrected chi connectivity index (χ4v) is 3.86. The minimum absolute atomic E-state index is 0.141. The van der Waals surface area contributed by atoms with Crippen LogP contribution in [0.25, 0.3) is 0 Å². The van der Waals surface area contributed by atoms with Gasteiger partial charge < -0.3 is 39.6 Å². The van der Waals surface area contributed by atoms with Crippen LogP contribution in [0.2, 0.25) is 0 Å². The summed E-state index contributed by atoms with van der Waals surface area (Å²) in [5.74, 6) is 1.98. The largest absolute Gasteiger partial charge is 0.494 e. The van der Waals surface area contributed by atoms with Gasteiger partial charge in [-0.2, -0.15) is 0 Å². The van der Waals surface area contributed by atoms with Crippen LogP contribution in [0.4, 0.5) is 0 Å². The molecule has 0 aromatic rings. The summed E-state index contributed by atoms with van der Waals surface area (Å²) in [6.07, 6.45) is 11.7. The van der Waals surface area contributed by atoms with Crippen molar-refractivity contribution in [2.75, 3.05) is 66.5 Å². The molecule has 1 fully saturated rings. The smallest absolute Gasteiger partial charge is 0.231 e. The molecule has 0 saturated carbocycles. The Morgan fingerprint density at radius 2 is 2.13 bits per heavy atom. The summed E-state index contributed by atoms with van der Waals surface area (Å²) >= 11 is 5.86. The third-order valence-corrected chi connectivity index (χ3v) is 6.02. The number of aliphatic hydroxyl groups excluding tert-OH is 1. The van der Waals surface area contributed by atoms with E-state index in [9.17, 15) is 0 Å². The van der Waals surface area contributed by atoms with Crippen LogP contribution in [-0.4, -0.2) is 94.7 Å². The molecule has 0 aromatic heterocycles. The van der Waals surface area contributed by atoms with Gasteiger partial charge in [0.25, 0.3) is 0 Å². The van der Waals surface area contributed by atoms with Gasteiger partial charge in [0.05, 0.1) is 25.5 Å². The van der Waals surface area contributed by atoms with Crippen LogP contribution in [0.1, 0.15) is 26.2 Å². The van der Waals surface area contributed by atoms with Gasteiger partial charge in [-0.25, -0.2) is 4.99 Å². The van der Waals surface area contributed by atoms with E-state index in [1.807, 2.05) is 25.3 Å². The number of aliphatic imine (C=N–C) groups is 2. The second kappa shape index (κ2) is 19.4. The van der Waals surface area contributed by atoms with Crippen molar-refractivity contribution in [3.8, 4) is 0 Å². The Bertz CT molecular complexity index is 894. The summed E-state index contributed by atoms with van der Waals surface area (Å²) in [7, 11) is 1.94. The normalized spacial score (nSPS) is 19.2. The average Bonchev–Trinajstić information content (AvgIpc) is 3.43. The maximum Gasteiger partial charge on any atom is 0.231 e. The topological polar surface area (TPSA) is 109 Å². The molecule has 38 heavy (non-hydrogen) atoms. The highest BCUT2D eigenvalue weighted by Gasteiger charge is 2.19. The zero-order chi connectivity index (χ0) is 27.4. The van der Waals surface area contributed by atoms with Crippen LogP contribution in [0.5, 0.6) is 0 Å². The first kappa shape index (κ1) is 31.6. The molecule has 0 bridgehead atoms. The Kier molecular flexibility index (Phi) is 16.2. The summed E-state index contributed by atoms with van der Waals surface area (Å²) in [6, 6.07) is 0. The third-order valence-electron chi connectivity index (χ3n) is 5.80. The van der Waals surface area contributed by atoms with E-state index in [0.29, 0.717) is 23.6 Å². The number of hydrogen-bond acceptors (Lipinski definition) is 9. The number of hydrogen-bond donors (Lipinski definition) is 3. The van der Waals surface area contributed by atoms with Crippen molar-refractivity contribution >= 4 is 23.7 Å². The molecule has 1 saturated heterocycles. The van der Waals surface area contributed by atoms with E-state index in [1.165, 1.54) is 11.9 Å². The van der Waals surface area contributed by atoms with Gasteiger partial charge in [0.1, 0.15) is 24.9 Å². The van der Waals surface area contributed by atoms with Crippen LogP contribution in [0.15, 0.2) is 69.4 Å². The van der Waals surface area contributed by atoms with E-state index in [4.69, 9.17) is 35.7 Å². The van der Waals surface area contributed by atoms with Crippen molar-refractivity contribution in [3.63, 3.8) is 0 Å². The third kappa shape index (κ3) is 11.8. The molecule has 0 radical (unpaired) electrons. The van der Waals surface area contributed by atoms with Crippen molar-refractivity contribution in [2.24, 2.45) is 9.98 Å². The molecule has 11 heteroatoms. The van der Waals surface area contributed by atoms with Gasteiger partial charge in [-0.1, -0.05) is 31.2 Å². The molecule has 0 amide bonds. The van der Waals surface area contributed by atoms with Gasteiger partial charge in [-0.15, -0.1) is 0 Å². The molecule has 212 valence electrons. The first-order valence-electron chi connectivity index (χ1n) is 13.0. The van der Waals surface area contributed by atoms with E-state index in [2.05, 4.69) is 39.0 Å². The van der Waals surface area contributed by atoms with Crippen LogP contribution >= 0.6 is 11.6 Å². The van der Waals surface area contributed by atoms with E-state index in [-0.39, 0.29) is 26.2 Å². The lowest BCUT2D eigenvalue weighted by Crippen LogP contribution is -2.32. The standard InChI is InChI=1S/C20H24ClN3O4.C7H18N2O/c1-2-19-20(27-14-26-19)18(11-21)24-13-22-12-23-15-4-3-5-17(10-15)28-16-6-8-25-9-7-16;1-3-9(6-7-10)5-4-8-2/h2-5,11-12,16,24H,1,6-10,13-14H2;8,10H,3-7H2,1-2H3/b18-11-,22-12?,23-15?;. The van der Waals surface area contributed by atoms with Crippen molar-refractivity contribution < 1.29 is 24.1 Å². The van der Waals surface area contributed by atoms with Crippen molar-refractivity contribution in [2.45, 2.75) is 32.3 Å². The molecule has 10 nitrogen and oxygen atoms in total. The highest BCUT2D eigenvalue weighted by Crippen LogP contribution is 2.23. The lowest BCUT2D eigenvalue weighted by atomic mass is 10.1. The summed E-state index contributed by atoms with van der Waals surface area (Å²) in [5, 5.41) is 14.7. The fraction of sp³-hybridized carbons (Fsp3) is 0.556. The van der Waals surface area contributed by atoms with Crippen LogP contribution < -0.4 is 10.6 Å². The Balaban J connectivity index is 0.000000432. The summed E-state index contributed by atoms with van der Waals surface area (Å²) in [5.41, 5.74) is 2.85. The number of ether oxygens (including phenoxy) is 4. The lowest BCUT2D eigenvalue weighted by Gasteiger charge is -2.25. The molecule has 0 atom stereocenters. The Morgan fingerprint density at radius 1 is 1.32 bits per heavy atom. The number of rotatable bonds is 14. The maximum atomic E-state index is 8.61. The first-order chi connectivity index (χ1) is 18.6. The maximum absolute atomic E-state index is 8.61. The zero-order valence-corrected chi connectivity index (χ0v) is 23.3. The summed E-state index contributed by atoms with van der Waals surface area (Å²) < 4.78 is 22.1. The Hall–Kier alpha value is -2.63. The number of nitrogens with zero attached hydrogens (tertiary/aromatic N) is 3. The van der Waals surface area contributed by atoms with Crippen molar-refractivity contribution in [1.82, 2.24) is 15.5 Å². The summed E-state index contributed by atoms with van der Waals surface area (Å²) in [4.78, 5) is 10.8. The van der Waals surface area contributed by atoms with E-state index >= 15 is 0 Å². The van der Waals surface area contributed by atoms with Gasteiger partial charge in [0, 0.05) is 50.1 Å². The number of nitrogens with one attached hydrogen (secondary N) is 2. The molecular weight excluding hydrogens is 510 g/mol. The number of aliphatic hydroxyl groups is 1.